The number of hydrogen-bond donors (Lipinski definition) is 2. The highest BCUT2D eigenvalue weighted by atomic mass is 35.5. The van der Waals surface area contributed by atoms with E-state index in [4.69, 9.17) is 17.3 Å². The summed E-state index contributed by atoms with van der Waals surface area (Å²) in [7, 11) is 0. The highest BCUT2D eigenvalue weighted by molar-refractivity contribution is 6.29. The van der Waals surface area contributed by atoms with Gasteiger partial charge in [0, 0.05) is 18.3 Å². The van der Waals surface area contributed by atoms with Gasteiger partial charge in [-0.25, -0.2) is 4.98 Å². The molecule has 1 aromatic rings. The minimum Gasteiger partial charge on any atom is -0.399 e. The van der Waals surface area contributed by atoms with Crippen molar-refractivity contribution in [2.75, 3.05) is 17.6 Å². The Hall–Kier alpha value is -0.960. The molecule has 1 saturated carbocycles. The summed E-state index contributed by atoms with van der Waals surface area (Å²) < 4.78 is 0. The Morgan fingerprint density at radius 3 is 2.80 bits per heavy atom. The number of nitrogens with two attached hydrogens (primary N) is 1. The van der Waals surface area contributed by atoms with E-state index in [1.165, 1.54) is 6.42 Å². The van der Waals surface area contributed by atoms with E-state index in [0.717, 1.165) is 18.3 Å². The molecule has 1 aromatic heterocycles. The molecule has 0 aliphatic heterocycles. The van der Waals surface area contributed by atoms with Gasteiger partial charge < -0.3 is 11.1 Å². The van der Waals surface area contributed by atoms with Crippen LogP contribution in [0.2, 0.25) is 5.15 Å². The summed E-state index contributed by atoms with van der Waals surface area (Å²) in [6.07, 6.45) is 1.27. The largest absolute Gasteiger partial charge is 0.399 e. The van der Waals surface area contributed by atoms with Crippen LogP contribution >= 0.6 is 11.6 Å². The van der Waals surface area contributed by atoms with E-state index >= 15 is 0 Å². The maximum absolute atomic E-state index is 5.81. The molecule has 0 amide bonds. The molecule has 82 valence electrons. The van der Waals surface area contributed by atoms with Gasteiger partial charge in [-0.05, 0) is 23.8 Å². The molecule has 0 aromatic carbocycles. The first-order valence-electron chi connectivity index (χ1n) is 5.14. The van der Waals surface area contributed by atoms with E-state index in [2.05, 4.69) is 24.1 Å². The molecule has 0 saturated heterocycles. The van der Waals surface area contributed by atoms with Crippen LogP contribution in [0.1, 0.15) is 20.3 Å². The number of pyridine rings is 1. The fourth-order valence-corrected chi connectivity index (χ4v) is 1.98. The van der Waals surface area contributed by atoms with Gasteiger partial charge in [-0.15, -0.1) is 0 Å². The fraction of sp³-hybridized carbons (Fsp3) is 0.545. The number of nitrogens with one attached hydrogen (secondary N) is 1. The van der Waals surface area contributed by atoms with Gasteiger partial charge in [0.15, 0.2) is 0 Å². The highest BCUT2D eigenvalue weighted by Crippen LogP contribution is 2.51. The van der Waals surface area contributed by atoms with Crippen LogP contribution in [-0.2, 0) is 0 Å². The second-order valence-corrected chi connectivity index (χ2v) is 5.27. The Bertz CT molecular complexity index is 356. The first kappa shape index (κ1) is 10.6. The number of hydrogen-bond acceptors (Lipinski definition) is 3. The van der Waals surface area contributed by atoms with Crippen LogP contribution in [-0.4, -0.2) is 11.5 Å². The lowest BCUT2D eigenvalue weighted by molar-refractivity contribution is 0.573. The van der Waals surface area contributed by atoms with Gasteiger partial charge in [0.1, 0.15) is 11.0 Å². The lowest BCUT2D eigenvalue weighted by Crippen LogP contribution is -2.08. The predicted octanol–water partition coefficient (Wildman–Crippen LogP) is 2.78. The topological polar surface area (TPSA) is 50.9 Å². The summed E-state index contributed by atoms with van der Waals surface area (Å²) in [5.41, 5.74) is 6.80. The Kier molecular flexibility index (Phi) is 2.51. The van der Waals surface area contributed by atoms with Gasteiger partial charge in [-0.1, -0.05) is 25.4 Å². The van der Waals surface area contributed by atoms with Crippen LogP contribution in [0.3, 0.4) is 0 Å². The fourth-order valence-electron chi connectivity index (χ4n) is 1.76. The maximum Gasteiger partial charge on any atom is 0.133 e. The van der Waals surface area contributed by atoms with Crippen LogP contribution in [0, 0.1) is 11.3 Å². The number of anilines is 2. The zero-order valence-corrected chi connectivity index (χ0v) is 9.80. The van der Waals surface area contributed by atoms with Crippen molar-refractivity contribution in [2.45, 2.75) is 20.3 Å². The minimum atomic E-state index is 0.438. The van der Waals surface area contributed by atoms with Crippen molar-refractivity contribution in [3.8, 4) is 0 Å². The first-order valence-corrected chi connectivity index (χ1v) is 5.52. The lowest BCUT2D eigenvalue weighted by Gasteiger charge is -2.07. The molecular formula is C11H16ClN3. The van der Waals surface area contributed by atoms with Crippen molar-refractivity contribution in [3.63, 3.8) is 0 Å². The average Bonchev–Trinajstić information content (AvgIpc) is 2.69. The number of nitrogens with zero attached hydrogens (tertiary/aromatic N) is 1. The number of halogens is 1. The zero-order valence-electron chi connectivity index (χ0n) is 9.05. The molecule has 1 aliphatic rings. The molecule has 1 heterocycles. The third-order valence-corrected chi connectivity index (χ3v) is 3.26. The SMILES string of the molecule is CC1(C)CC1CNc1cc(N)cc(Cl)n1. The van der Waals surface area contributed by atoms with E-state index in [1.807, 2.05) is 0 Å². The molecule has 0 bridgehead atoms. The van der Waals surface area contributed by atoms with Gasteiger partial charge in [0.2, 0.25) is 0 Å². The molecule has 15 heavy (non-hydrogen) atoms. The second-order valence-electron chi connectivity index (χ2n) is 4.88. The molecule has 0 spiro atoms. The highest BCUT2D eigenvalue weighted by Gasteiger charge is 2.44. The molecule has 1 fully saturated rings. The van der Waals surface area contributed by atoms with Crippen molar-refractivity contribution in [2.24, 2.45) is 11.3 Å². The summed E-state index contributed by atoms with van der Waals surface area (Å²) in [6, 6.07) is 3.45. The zero-order chi connectivity index (χ0) is 11.1. The normalized spacial score (nSPS) is 22.5. The van der Waals surface area contributed by atoms with Crippen LogP contribution in [0.5, 0.6) is 0 Å². The Balaban J connectivity index is 1.94. The van der Waals surface area contributed by atoms with Crippen LogP contribution in [0.4, 0.5) is 11.5 Å². The summed E-state index contributed by atoms with van der Waals surface area (Å²) in [6.45, 7) is 5.50. The molecule has 2 rings (SSSR count). The Labute approximate surface area is 95.0 Å². The molecule has 0 radical (unpaired) electrons. The molecule has 3 N–H and O–H groups in total. The molecule has 4 heteroatoms. The minimum absolute atomic E-state index is 0.438. The molecule has 1 aliphatic carbocycles. The van der Waals surface area contributed by atoms with Gasteiger partial charge in [-0.3, -0.25) is 0 Å². The molecular weight excluding hydrogens is 210 g/mol. The van der Waals surface area contributed by atoms with E-state index in [-0.39, 0.29) is 0 Å². The Morgan fingerprint density at radius 2 is 2.27 bits per heavy atom. The second kappa shape index (κ2) is 3.56. The summed E-state index contributed by atoms with van der Waals surface area (Å²) in [5.74, 6) is 1.50. The van der Waals surface area contributed by atoms with Crippen LogP contribution in [0.25, 0.3) is 0 Å². The van der Waals surface area contributed by atoms with E-state index in [0.29, 0.717) is 16.3 Å². The van der Waals surface area contributed by atoms with Crippen molar-refractivity contribution in [1.29, 1.82) is 0 Å². The number of nitrogen functional groups attached to an aromatic ring is 1. The van der Waals surface area contributed by atoms with Crippen molar-refractivity contribution < 1.29 is 0 Å². The third-order valence-electron chi connectivity index (χ3n) is 3.06. The van der Waals surface area contributed by atoms with Crippen molar-refractivity contribution in [1.82, 2.24) is 4.98 Å². The maximum atomic E-state index is 5.81. The summed E-state index contributed by atoms with van der Waals surface area (Å²) in [5, 5.41) is 3.71. The standard InChI is InChI=1S/C11H16ClN3/c1-11(2)5-7(11)6-14-10-4-8(13)3-9(12)15-10/h3-4,7H,5-6H2,1-2H3,(H3,13,14,15). The van der Waals surface area contributed by atoms with E-state index in [1.54, 1.807) is 12.1 Å². The van der Waals surface area contributed by atoms with Gasteiger partial charge in [0.25, 0.3) is 0 Å². The summed E-state index contributed by atoms with van der Waals surface area (Å²) >= 11 is 5.81. The van der Waals surface area contributed by atoms with E-state index < -0.39 is 0 Å². The summed E-state index contributed by atoms with van der Waals surface area (Å²) in [4.78, 5) is 4.16. The van der Waals surface area contributed by atoms with Crippen LogP contribution in [0.15, 0.2) is 12.1 Å². The van der Waals surface area contributed by atoms with Crippen molar-refractivity contribution >= 4 is 23.1 Å². The van der Waals surface area contributed by atoms with Crippen LogP contribution < -0.4 is 11.1 Å². The van der Waals surface area contributed by atoms with Gasteiger partial charge in [0.05, 0.1) is 0 Å². The molecule has 1 atom stereocenters. The quantitative estimate of drug-likeness (QED) is 0.778. The smallest absolute Gasteiger partial charge is 0.133 e. The van der Waals surface area contributed by atoms with Gasteiger partial charge >= 0.3 is 0 Å². The first-order chi connectivity index (χ1) is 6.97. The predicted molar refractivity (Wildman–Crippen MR) is 64.0 cm³/mol. The lowest BCUT2D eigenvalue weighted by atomic mass is 10.1. The van der Waals surface area contributed by atoms with Crippen molar-refractivity contribution in [3.05, 3.63) is 17.3 Å². The number of rotatable bonds is 3. The third kappa shape index (κ3) is 2.53. The number of aromatic nitrogens is 1. The Morgan fingerprint density at radius 1 is 1.60 bits per heavy atom. The molecule has 3 nitrogen and oxygen atoms in total. The monoisotopic (exact) mass is 225 g/mol. The molecule has 1 unspecified atom stereocenters. The van der Waals surface area contributed by atoms with E-state index in [9.17, 15) is 0 Å². The average molecular weight is 226 g/mol. The van der Waals surface area contributed by atoms with Gasteiger partial charge in [-0.2, -0.15) is 0 Å².